The maximum absolute atomic E-state index is 12.5. The van der Waals surface area contributed by atoms with E-state index < -0.39 is 5.97 Å². The first-order valence-electron chi connectivity index (χ1n) is 9.09. The van der Waals surface area contributed by atoms with Gasteiger partial charge in [-0.15, -0.1) is 0 Å². The molecule has 0 aromatic heterocycles. The monoisotopic (exact) mass is 435 g/mol. The van der Waals surface area contributed by atoms with Crippen LogP contribution in [0, 0.1) is 0 Å². The van der Waals surface area contributed by atoms with Crippen LogP contribution in [0.5, 0.6) is 5.75 Å². The summed E-state index contributed by atoms with van der Waals surface area (Å²) in [6, 6.07) is 9.96. The summed E-state index contributed by atoms with van der Waals surface area (Å²) < 4.78 is 10.3. The Labute approximate surface area is 178 Å². The van der Waals surface area contributed by atoms with Crippen LogP contribution in [0.4, 0.5) is 5.69 Å². The fourth-order valence-electron chi connectivity index (χ4n) is 2.98. The maximum Gasteiger partial charge on any atom is 0.306 e. The van der Waals surface area contributed by atoms with Crippen molar-refractivity contribution in [3.63, 3.8) is 0 Å². The number of halogens is 2. The van der Waals surface area contributed by atoms with Gasteiger partial charge < -0.3 is 14.4 Å². The molecule has 0 aliphatic carbocycles. The molecule has 1 aliphatic rings. The summed E-state index contributed by atoms with van der Waals surface area (Å²) in [5, 5.41) is 0.889. The van der Waals surface area contributed by atoms with Gasteiger partial charge >= 0.3 is 5.97 Å². The molecule has 2 aromatic rings. The highest BCUT2D eigenvalue weighted by atomic mass is 35.5. The summed E-state index contributed by atoms with van der Waals surface area (Å²) in [4.78, 5) is 38.0. The highest BCUT2D eigenvalue weighted by Crippen LogP contribution is 2.36. The Balaban J connectivity index is 1.86. The first kappa shape index (κ1) is 21.1. The minimum atomic E-state index is -0.424. The average molecular weight is 436 g/mol. The minimum Gasteiger partial charge on any atom is -0.482 e. The van der Waals surface area contributed by atoms with Crippen LogP contribution in [0.1, 0.15) is 35.7 Å². The summed E-state index contributed by atoms with van der Waals surface area (Å²) in [5.41, 5.74) is 1.44. The Hall–Kier alpha value is -2.57. The number of ether oxygens (including phenoxy) is 2. The second-order valence-corrected chi connectivity index (χ2v) is 7.19. The lowest BCUT2D eigenvalue weighted by Gasteiger charge is -2.30. The number of carbonyl (C=O) groups is 3. The van der Waals surface area contributed by atoms with Gasteiger partial charge in [-0.1, -0.05) is 29.3 Å². The van der Waals surface area contributed by atoms with Crippen molar-refractivity contribution in [3.8, 4) is 5.75 Å². The molecule has 29 heavy (non-hydrogen) atoms. The number of Topliss-reactive ketones (excluding diaryl/α,β-unsaturated/α-hetero) is 1. The van der Waals surface area contributed by atoms with Gasteiger partial charge in [-0.05, 0) is 37.3 Å². The number of anilines is 1. The fourth-order valence-corrected chi connectivity index (χ4v) is 3.50. The smallest absolute Gasteiger partial charge is 0.306 e. The molecule has 8 heteroatoms. The third kappa shape index (κ3) is 4.89. The third-order valence-electron chi connectivity index (χ3n) is 4.46. The normalized spacial score (nSPS) is 12.9. The van der Waals surface area contributed by atoms with E-state index in [-0.39, 0.29) is 44.3 Å². The van der Waals surface area contributed by atoms with Crippen LogP contribution >= 0.6 is 23.2 Å². The molecule has 1 amide bonds. The van der Waals surface area contributed by atoms with Crippen molar-refractivity contribution in [1.29, 1.82) is 0 Å². The van der Waals surface area contributed by atoms with Gasteiger partial charge in [0.15, 0.2) is 12.4 Å². The van der Waals surface area contributed by atoms with Gasteiger partial charge in [0.2, 0.25) is 0 Å². The van der Waals surface area contributed by atoms with E-state index in [0.717, 1.165) is 0 Å². The van der Waals surface area contributed by atoms with E-state index >= 15 is 0 Å². The van der Waals surface area contributed by atoms with Crippen LogP contribution in [0.25, 0.3) is 0 Å². The molecule has 152 valence electrons. The average Bonchev–Trinajstić information content (AvgIpc) is 2.70. The first-order chi connectivity index (χ1) is 13.9. The van der Waals surface area contributed by atoms with E-state index in [4.69, 9.17) is 32.7 Å². The lowest BCUT2D eigenvalue weighted by molar-refractivity contribution is -0.143. The number of hydrogen-bond acceptors (Lipinski definition) is 5. The molecule has 1 heterocycles. The Morgan fingerprint density at radius 2 is 1.86 bits per heavy atom. The van der Waals surface area contributed by atoms with Crippen molar-refractivity contribution < 1.29 is 23.9 Å². The van der Waals surface area contributed by atoms with Crippen molar-refractivity contribution >= 4 is 46.5 Å². The van der Waals surface area contributed by atoms with Gasteiger partial charge in [0.05, 0.1) is 25.3 Å². The van der Waals surface area contributed by atoms with Crippen molar-refractivity contribution in [2.75, 3.05) is 18.1 Å². The number of benzene rings is 2. The molecule has 3 rings (SSSR count). The molecule has 6 nitrogen and oxygen atoms in total. The minimum absolute atomic E-state index is 0.00185. The van der Waals surface area contributed by atoms with Gasteiger partial charge in [0.25, 0.3) is 5.91 Å². The predicted molar refractivity (Wildman–Crippen MR) is 110 cm³/mol. The number of hydrogen-bond donors (Lipinski definition) is 0. The summed E-state index contributed by atoms with van der Waals surface area (Å²) in [7, 11) is 0. The molecule has 0 unspecified atom stereocenters. The van der Waals surface area contributed by atoms with Crippen molar-refractivity contribution in [1.82, 2.24) is 0 Å². The van der Waals surface area contributed by atoms with Crippen LogP contribution in [0.15, 0.2) is 36.4 Å². The van der Waals surface area contributed by atoms with Gasteiger partial charge in [-0.25, -0.2) is 0 Å². The molecule has 0 atom stereocenters. The number of ketones is 1. The number of esters is 1. The number of rotatable bonds is 7. The van der Waals surface area contributed by atoms with Gasteiger partial charge in [-0.3, -0.25) is 14.4 Å². The molecule has 0 saturated carbocycles. The van der Waals surface area contributed by atoms with Gasteiger partial charge in [0.1, 0.15) is 5.75 Å². The van der Waals surface area contributed by atoms with Crippen LogP contribution in [0.2, 0.25) is 10.0 Å². The lowest BCUT2D eigenvalue weighted by atomic mass is 10.0. The Morgan fingerprint density at radius 3 is 2.55 bits per heavy atom. The fraction of sp³-hybridized carbons (Fsp3) is 0.286. The van der Waals surface area contributed by atoms with Crippen molar-refractivity contribution in [2.45, 2.75) is 26.3 Å². The zero-order valence-corrected chi connectivity index (χ0v) is 17.3. The van der Waals surface area contributed by atoms with Crippen LogP contribution < -0.4 is 9.64 Å². The molecular weight excluding hydrogens is 417 g/mol. The van der Waals surface area contributed by atoms with Crippen LogP contribution in [-0.4, -0.2) is 30.9 Å². The maximum atomic E-state index is 12.5. The predicted octanol–water partition coefficient (Wildman–Crippen LogP) is 4.45. The summed E-state index contributed by atoms with van der Waals surface area (Å²) in [6.45, 7) is 2.00. The number of carbonyl (C=O) groups excluding carboxylic acids is 3. The van der Waals surface area contributed by atoms with Crippen LogP contribution in [-0.2, 0) is 20.9 Å². The van der Waals surface area contributed by atoms with Crippen molar-refractivity contribution in [2.24, 2.45) is 0 Å². The van der Waals surface area contributed by atoms with Crippen LogP contribution in [0.3, 0.4) is 0 Å². The quantitative estimate of drug-likeness (QED) is 0.474. The van der Waals surface area contributed by atoms with E-state index in [2.05, 4.69) is 0 Å². The van der Waals surface area contributed by atoms with E-state index in [1.165, 1.54) is 4.90 Å². The molecular formula is C21H19Cl2NO5. The lowest BCUT2D eigenvalue weighted by Crippen LogP contribution is -2.38. The summed E-state index contributed by atoms with van der Waals surface area (Å²) >= 11 is 12.5. The van der Waals surface area contributed by atoms with Gasteiger partial charge in [-0.2, -0.15) is 0 Å². The second kappa shape index (κ2) is 9.29. The summed E-state index contributed by atoms with van der Waals surface area (Å²) in [6.07, 6.45) is 0.0148. The topological polar surface area (TPSA) is 72.9 Å². The molecule has 0 N–H and O–H groups in total. The zero-order valence-electron chi connectivity index (χ0n) is 15.7. The van der Waals surface area contributed by atoms with E-state index in [9.17, 15) is 14.4 Å². The highest BCUT2D eigenvalue weighted by Gasteiger charge is 2.28. The Morgan fingerprint density at radius 1 is 1.14 bits per heavy atom. The van der Waals surface area contributed by atoms with Gasteiger partial charge in [0, 0.05) is 27.6 Å². The Kier molecular flexibility index (Phi) is 6.77. The number of amides is 1. The van der Waals surface area contributed by atoms with E-state index in [1.54, 1.807) is 43.3 Å². The molecule has 0 saturated heterocycles. The highest BCUT2D eigenvalue weighted by molar-refractivity contribution is 6.36. The second-order valence-electron chi connectivity index (χ2n) is 6.38. The number of fused-ring (bicyclic) bond motifs is 1. The first-order valence-corrected chi connectivity index (χ1v) is 9.85. The summed E-state index contributed by atoms with van der Waals surface area (Å²) in [5.74, 6) is -0.443. The Bertz CT molecular complexity index is 940. The van der Waals surface area contributed by atoms with Crippen molar-refractivity contribution in [3.05, 3.63) is 57.6 Å². The standard InChI is InChI=1S/C21H19Cl2NO5/c1-2-28-21(27)9-7-18(25)13-6-8-19-17(10-13)24(20(26)12-29-19)11-14-15(22)4-3-5-16(14)23/h3-6,8,10H,2,7,9,11-12H2,1H3. The molecule has 0 fully saturated rings. The molecule has 0 spiro atoms. The molecule has 1 aliphatic heterocycles. The van der Waals surface area contributed by atoms with E-state index in [0.29, 0.717) is 32.6 Å². The number of nitrogens with zero attached hydrogens (tertiary/aromatic N) is 1. The van der Waals surface area contributed by atoms with E-state index in [1.807, 2.05) is 0 Å². The third-order valence-corrected chi connectivity index (χ3v) is 5.17. The molecule has 2 aromatic carbocycles. The largest absolute Gasteiger partial charge is 0.482 e. The zero-order chi connectivity index (χ0) is 21.0. The molecule has 0 radical (unpaired) electrons. The SMILES string of the molecule is CCOC(=O)CCC(=O)c1ccc2c(c1)N(Cc1c(Cl)cccc1Cl)C(=O)CO2. The molecule has 0 bridgehead atoms.